The van der Waals surface area contributed by atoms with Crippen LogP contribution in [0.25, 0.3) is 0 Å². The van der Waals surface area contributed by atoms with Crippen LogP contribution >= 0.6 is 0 Å². The van der Waals surface area contributed by atoms with Crippen LogP contribution in [-0.4, -0.2) is 60.0 Å². The molecule has 1 saturated heterocycles. The highest BCUT2D eigenvalue weighted by Gasteiger charge is 2.33. The number of hydrogen-bond donors (Lipinski definition) is 2. The molecule has 5 heteroatoms. The molecule has 0 spiro atoms. The third-order valence-electron chi connectivity index (χ3n) is 3.69. The lowest BCUT2D eigenvalue weighted by molar-refractivity contribution is -0.123. The van der Waals surface area contributed by atoms with E-state index in [0.717, 1.165) is 32.6 Å². The zero-order chi connectivity index (χ0) is 13.1. The molecular formula is C12H26N4O. The van der Waals surface area contributed by atoms with Gasteiger partial charge in [-0.3, -0.25) is 14.6 Å². The summed E-state index contributed by atoms with van der Waals surface area (Å²) in [5, 5.41) is 0. The van der Waals surface area contributed by atoms with Gasteiger partial charge in [-0.25, -0.2) is 0 Å². The van der Waals surface area contributed by atoms with Crippen molar-refractivity contribution in [2.45, 2.75) is 38.8 Å². The van der Waals surface area contributed by atoms with Crippen LogP contribution in [0.5, 0.6) is 0 Å². The van der Waals surface area contributed by atoms with Crippen LogP contribution in [0.4, 0.5) is 0 Å². The Morgan fingerprint density at radius 1 is 1.47 bits per heavy atom. The number of carbonyl (C=O) groups is 1. The fourth-order valence-electron chi connectivity index (χ4n) is 2.54. The minimum Gasteiger partial charge on any atom is -0.368 e. The summed E-state index contributed by atoms with van der Waals surface area (Å²) < 4.78 is 0. The van der Waals surface area contributed by atoms with Gasteiger partial charge in [0.25, 0.3) is 0 Å². The monoisotopic (exact) mass is 242 g/mol. The van der Waals surface area contributed by atoms with Crippen LogP contribution in [0.3, 0.4) is 0 Å². The Morgan fingerprint density at radius 2 is 2.06 bits per heavy atom. The van der Waals surface area contributed by atoms with Crippen molar-refractivity contribution < 1.29 is 4.79 Å². The molecule has 0 saturated carbocycles. The van der Waals surface area contributed by atoms with E-state index in [9.17, 15) is 4.79 Å². The molecule has 1 aliphatic heterocycles. The molecule has 17 heavy (non-hydrogen) atoms. The normalized spacial score (nSPS) is 25.1. The third-order valence-corrected chi connectivity index (χ3v) is 3.69. The topological polar surface area (TPSA) is 75.6 Å². The summed E-state index contributed by atoms with van der Waals surface area (Å²) in [4.78, 5) is 15.9. The van der Waals surface area contributed by atoms with Gasteiger partial charge in [0.15, 0.2) is 0 Å². The Morgan fingerprint density at radius 3 is 2.53 bits per heavy atom. The highest BCUT2D eigenvalue weighted by atomic mass is 16.1. The van der Waals surface area contributed by atoms with Crippen LogP contribution in [0.2, 0.25) is 0 Å². The molecule has 0 aromatic carbocycles. The lowest BCUT2D eigenvalue weighted by atomic mass is 10.0. The van der Waals surface area contributed by atoms with Gasteiger partial charge in [-0.05, 0) is 33.0 Å². The maximum atomic E-state index is 11.2. The average molecular weight is 242 g/mol. The summed E-state index contributed by atoms with van der Waals surface area (Å²) in [7, 11) is 0. The number of rotatable bonds is 6. The SMILES string of the molecule is CCN(CC)C1CCN(CC(C)(N)C(N)=O)C1. The zero-order valence-electron chi connectivity index (χ0n) is 11.3. The van der Waals surface area contributed by atoms with Crippen LogP contribution in [0.1, 0.15) is 27.2 Å². The smallest absolute Gasteiger partial charge is 0.238 e. The molecular weight excluding hydrogens is 216 g/mol. The quantitative estimate of drug-likeness (QED) is 0.665. The Kier molecular flexibility index (Phi) is 4.91. The second-order valence-electron chi connectivity index (χ2n) is 5.18. The number of primary amides is 1. The van der Waals surface area contributed by atoms with Crippen molar-refractivity contribution in [3.63, 3.8) is 0 Å². The second-order valence-corrected chi connectivity index (χ2v) is 5.18. The summed E-state index contributed by atoms with van der Waals surface area (Å²) in [6.45, 7) is 10.8. The van der Waals surface area contributed by atoms with Gasteiger partial charge in [-0.15, -0.1) is 0 Å². The third kappa shape index (κ3) is 3.66. The molecule has 5 nitrogen and oxygen atoms in total. The minimum atomic E-state index is -0.919. The van der Waals surface area contributed by atoms with E-state index in [2.05, 4.69) is 23.6 Å². The van der Waals surface area contributed by atoms with Gasteiger partial charge < -0.3 is 11.5 Å². The minimum absolute atomic E-state index is 0.427. The molecule has 1 fully saturated rings. The predicted molar refractivity (Wildman–Crippen MR) is 69.6 cm³/mol. The molecule has 0 aromatic heterocycles. The molecule has 1 aliphatic rings. The number of likely N-dealkylation sites (tertiary alicyclic amines) is 1. The van der Waals surface area contributed by atoms with E-state index in [0.29, 0.717) is 12.6 Å². The van der Waals surface area contributed by atoms with Crippen molar-refractivity contribution in [2.75, 3.05) is 32.7 Å². The predicted octanol–water partition coefficient (Wildman–Crippen LogP) is -0.395. The van der Waals surface area contributed by atoms with Gasteiger partial charge in [-0.2, -0.15) is 0 Å². The van der Waals surface area contributed by atoms with E-state index in [1.165, 1.54) is 0 Å². The largest absolute Gasteiger partial charge is 0.368 e. The summed E-state index contributed by atoms with van der Waals surface area (Å²) in [6, 6.07) is 0.591. The van der Waals surface area contributed by atoms with Crippen molar-refractivity contribution in [1.82, 2.24) is 9.80 Å². The molecule has 2 unspecified atom stereocenters. The zero-order valence-corrected chi connectivity index (χ0v) is 11.3. The summed E-state index contributed by atoms with van der Waals surface area (Å²) in [6.07, 6.45) is 1.15. The molecule has 100 valence electrons. The maximum Gasteiger partial charge on any atom is 0.238 e. The first kappa shape index (κ1) is 14.4. The number of likely N-dealkylation sites (N-methyl/N-ethyl adjacent to an activating group) is 1. The lowest BCUT2D eigenvalue weighted by Crippen LogP contribution is -2.56. The highest BCUT2D eigenvalue weighted by molar-refractivity contribution is 5.84. The van der Waals surface area contributed by atoms with Crippen LogP contribution in [0, 0.1) is 0 Å². The van der Waals surface area contributed by atoms with E-state index in [1.807, 2.05) is 0 Å². The first-order valence-corrected chi connectivity index (χ1v) is 6.46. The van der Waals surface area contributed by atoms with E-state index in [-0.39, 0.29) is 0 Å². The van der Waals surface area contributed by atoms with Crippen molar-refractivity contribution in [1.29, 1.82) is 0 Å². The first-order chi connectivity index (χ1) is 7.90. The summed E-state index contributed by atoms with van der Waals surface area (Å²) in [5.41, 5.74) is 10.3. The van der Waals surface area contributed by atoms with Gasteiger partial charge in [0.1, 0.15) is 5.54 Å². The molecule has 1 heterocycles. The Bertz CT molecular complexity index is 263. The Balaban J connectivity index is 2.48. The number of amides is 1. The summed E-state index contributed by atoms with van der Waals surface area (Å²) in [5.74, 6) is -0.427. The van der Waals surface area contributed by atoms with Crippen LogP contribution < -0.4 is 11.5 Å². The standard InChI is InChI=1S/C12H26N4O/c1-4-16(5-2)10-6-7-15(8-10)9-12(3,14)11(13)17/h10H,4-9,14H2,1-3H3,(H2,13,17). The van der Waals surface area contributed by atoms with Gasteiger partial charge in [0.2, 0.25) is 5.91 Å². The number of carbonyl (C=O) groups excluding carboxylic acids is 1. The lowest BCUT2D eigenvalue weighted by Gasteiger charge is -2.29. The fourth-order valence-corrected chi connectivity index (χ4v) is 2.54. The first-order valence-electron chi connectivity index (χ1n) is 6.46. The second kappa shape index (κ2) is 5.80. The number of hydrogen-bond acceptors (Lipinski definition) is 4. The number of nitrogens with two attached hydrogens (primary N) is 2. The Labute approximate surface area is 104 Å². The molecule has 4 N–H and O–H groups in total. The van der Waals surface area contributed by atoms with Gasteiger partial charge >= 0.3 is 0 Å². The van der Waals surface area contributed by atoms with Crippen LogP contribution in [-0.2, 0) is 4.79 Å². The van der Waals surface area contributed by atoms with E-state index in [1.54, 1.807) is 6.92 Å². The molecule has 0 aromatic rings. The number of nitrogens with zero attached hydrogens (tertiary/aromatic N) is 2. The molecule has 0 bridgehead atoms. The molecule has 0 aliphatic carbocycles. The van der Waals surface area contributed by atoms with Crippen molar-refractivity contribution in [3.05, 3.63) is 0 Å². The average Bonchev–Trinajstić information content (AvgIpc) is 2.67. The van der Waals surface area contributed by atoms with Gasteiger partial charge in [0, 0.05) is 19.1 Å². The van der Waals surface area contributed by atoms with Gasteiger partial charge in [0.05, 0.1) is 0 Å². The molecule has 1 rings (SSSR count). The van der Waals surface area contributed by atoms with Crippen molar-refractivity contribution in [3.8, 4) is 0 Å². The van der Waals surface area contributed by atoms with E-state index < -0.39 is 11.4 Å². The highest BCUT2D eigenvalue weighted by Crippen LogP contribution is 2.17. The van der Waals surface area contributed by atoms with Gasteiger partial charge in [-0.1, -0.05) is 13.8 Å². The summed E-state index contributed by atoms with van der Waals surface area (Å²) >= 11 is 0. The fraction of sp³-hybridized carbons (Fsp3) is 0.917. The molecule has 2 atom stereocenters. The Hall–Kier alpha value is -0.650. The maximum absolute atomic E-state index is 11.2. The molecule has 1 amide bonds. The molecule has 0 radical (unpaired) electrons. The van der Waals surface area contributed by atoms with Crippen molar-refractivity contribution in [2.24, 2.45) is 11.5 Å². The van der Waals surface area contributed by atoms with Crippen molar-refractivity contribution >= 4 is 5.91 Å². The van der Waals surface area contributed by atoms with E-state index >= 15 is 0 Å². The van der Waals surface area contributed by atoms with E-state index in [4.69, 9.17) is 11.5 Å². The van der Waals surface area contributed by atoms with Crippen LogP contribution in [0.15, 0.2) is 0 Å².